The smallest absolute Gasteiger partial charge is 0.280 e. The topological polar surface area (TPSA) is 21.3 Å². The molecule has 0 fully saturated rings. The molecular formula is C12H18F3NO. The van der Waals surface area contributed by atoms with Gasteiger partial charge in [-0.2, -0.15) is 13.2 Å². The van der Waals surface area contributed by atoms with Gasteiger partial charge in [-0.1, -0.05) is 32.1 Å². The van der Waals surface area contributed by atoms with Crippen LogP contribution in [0, 0.1) is 11.8 Å². The second kappa shape index (κ2) is 7.17. The highest BCUT2D eigenvalue weighted by Gasteiger charge is 2.33. The molecule has 2 unspecified atom stereocenters. The molecule has 0 aliphatic carbocycles. The van der Waals surface area contributed by atoms with Crippen LogP contribution in [0.25, 0.3) is 0 Å². The summed E-state index contributed by atoms with van der Waals surface area (Å²) < 4.78 is 36.9. The number of rotatable bonds is 6. The maximum absolute atomic E-state index is 12.3. The molecule has 17 heavy (non-hydrogen) atoms. The summed E-state index contributed by atoms with van der Waals surface area (Å²) in [6, 6.07) is 0. The lowest BCUT2D eigenvalue weighted by Crippen LogP contribution is -2.17. The zero-order valence-corrected chi connectivity index (χ0v) is 10.2. The van der Waals surface area contributed by atoms with Crippen LogP contribution in [0.5, 0.6) is 0 Å². The van der Waals surface area contributed by atoms with E-state index in [1.165, 1.54) is 19.4 Å². The second-order valence-electron chi connectivity index (χ2n) is 3.68. The zero-order chi connectivity index (χ0) is 13.5. The fourth-order valence-electron chi connectivity index (χ4n) is 0.959. The minimum absolute atomic E-state index is 0.0608. The van der Waals surface area contributed by atoms with E-state index in [0.29, 0.717) is 5.57 Å². The Morgan fingerprint density at radius 2 is 1.94 bits per heavy atom. The van der Waals surface area contributed by atoms with Crippen molar-refractivity contribution in [2.45, 2.75) is 20.0 Å². The predicted molar refractivity (Wildman–Crippen MR) is 61.9 cm³/mol. The van der Waals surface area contributed by atoms with Crippen LogP contribution in [0.4, 0.5) is 13.2 Å². The molecule has 0 spiro atoms. The number of halogens is 3. The predicted octanol–water partition coefficient (Wildman–Crippen LogP) is 3.60. The molecule has 0 bridgehead atoms. The Bertz CT molecular complexity index is 295. The van der Waals surface area contributed by atoms with Gasteiger partial charge in [-0.3, -0.25) is 10.3 Å². The first kappa shape index (κ1) is 15.8. The van der Waals surface area contributed by atoms with Gasteiger partial charge in [0.1, 0.15) is 0 Å². The third-order valence-electron chi connectivity index (χ3n) is 2.32. The molecule has 0 saturated carbocycles. The molecular weight excluding hydrogens is 231 g/mol. The molecule has 2 nitrogen and oxygen atoms in total. The zero-order valence-electron chi connectivity index (χ0n) is 10.2. The molecule has 0 rings (SSSR count). The highest BCUT2D eigenvalue weighted by atomic mass is 19.4. The van der Waals surface area contributed by atoms with Crippen molar-refractivity contribution in [2.24, 2.45) is 11.8 Å². The third kappa shape index (κ3) is 6.16. The Labute approximate surface area is 99.8 Å². The first-order chi connectivity index (χ1) is 7.82. The van der Waals surface area contributed by atoms with Crippen LogP contribution in [-0.4, -0.2) is 13.3 Å². The quantitative estimate of drug-likeness (QED) is 0.441. The number of nitrogens with one attached hydrogen (secondary N) is 1. The lowest BCUT2D eigenvalue weighted by molar-refractivity contribution is -0.156. The largest absolute Gasteiger partial charge is 0.394 e. The molecule has 0 aliphatic heterocycles. The Hall–Kier alpha value is -1.23. The minimum Gasteiger partial charge on any atom is -0.280 e. The van der Waals surface area contributed by atoms with Crippen LogP contribution in [0.1, 0.15) is 13.8 Å². The number of hydroxylamine groups is 1. The van der Waals surface area contributed by atoms with Crippen molar-refractivity contribution in [2.75, 3.05) is 7.11 Å². The Balaban J connectivity index is 4.75. The van der Waals surface area contributed by atoms with E-state index >= 15 is 0 Å². The molecule has 0 saturated heterocycles. The Kier molecular flexibility index (Phi) is 6.65. The highest BCUT2D eigenvalue weighted by Crippen LogP contribution is 2.27. The van der Waals surface area contributed by atoms with Crippen molar-refractivity contribution >= 4 is 0 Å². The van der Waals surface area contributed by atoms with Crippen LogP contribution in [0.15, 0.2) is 36.6 Å². The number of alkyl halides is 3. The van der Waals surface area contributed by atoms with E-state index < -0.39 is 12.1 Å². The molecule has 0 aromatic rings. The summed E-state index contributed by atoms with van der Waals surface area (Å²) in [6.07, 6.45) is 1.48. The summed E-state index contributed by atoms with van der Waals surface area (Å²) in [4.78, 5) is 4.62. The summed E-state index contributed by atoms with van der Waals surface area (Å²) in [5.74, 6) is -1.54. The molecule has 1 N–H and O–H groups in total. The van der Waals surface area contributed by atoms with Gasteiger partial charge in [-0.25, -0.2) is 0 Å². The van der Waals surface area contributed by atoms with Crippen LogP contribution in [-0.2, 0) is 4.84 Å². The standard InChI is InChI=1S/C12H18F3NO/c1-5-9(2)11(8-16-17-4)7-6-10(3)12(13,14)15/h5-10,16H,1H2,2-4H3. The van der Waals surface area contributed by atoms with E-state index in [4.69, 9.17) is 0 Å². The summed E-state index contributed by atoms with van der Waals surface area (Å²) in [6.45, 7) is 6.54. The van der Waals surface area contributed by atoms with Gasteiger partial charge in [0.2, 0.25) is 0 Å². The Morgan fingerprint density at radius 1 is 1.35 bits per heavy atom. The summed E-state index contributed by atoms with van der Waals surface area (Å²) in [7, 11) is 1.43. The van der Waals surface area contributed by atoms with E-state index in [1.807, 2.05) is 6.92 Å². The van der Waals surface area contributed by atoms with Gasteiger partial charge in [0.05, 0.1) is 13.0 Å². The molecule has 0 aliphatic rings. The molecule has 2 atom stereocenters. The molecule has 0 aromatic heterocycles. The normalized spacial score (nSPS) is 16.9. The molecule has 5 heteroatoms. The lowest BCUT2D eigenvalue weighted by atomic mass is 10.00. The van der Waals surface area contributed by atoms with Gasteiger partial charge in [-0.15, -0.1) is 6.58 Å². The summed E-state index contributed by atoms with van der Waals surface area (Å²) in [5.41, 5.74) is 3.15. The second-order valence-corrected chi connectivity index (χ2v) is 3.68. The first-order valence-electron chi connectivity index (χ1n) is 5.19. The molecule has 0 aromatic carbocycles. The van der Waals surface area contributed by atoms with E-state index in [-0.39, 0.29) is 5.92 Å². The van der Waals surface area contributed by atoms with Crippen molar-refractivity contribution < 1.29 is 18.0 Å². The third-order valence-corrected chi connectivity index (χ3v) is 2.32. The van der Waals surface area contributed by atoms with Gasteiger partial charge < -0.3 is 0 Å². The maximum Gasteiger partial charge on any atom is 0.394 e. The van der Waals surface area contributed by atoms with Crippen LogP contribution >= 0.6 is 0 Å². The average molecular weight is 249 g/mol. The van der Waals surface area contributed by atoms with Crippen molar-refractivity contribution in [3.63, 3.8) is 0 Å². The average Bonchev–Trinajstić information content (AvgIpc) is 2.26. The SMILES string of the molecule is C=CC(C)C(C=CC(C)C(F)(F)F)=CNOC. The number of allylic oxidation sites excluding steroid dienone is 4. The number of hydrogen-bond donors (Lipinski definition) is 1. The maximum atomic E-state index is 12.3. The first-order valence-corrected chi connectivity index (χ1v) is 5.19. The molecule has 0 heterocycles. The van der Waals surface area contributed by atoms with Crippen molar-refractivity contribution in [1.29, 1.82) is 0 Å². The number of hydrogen-bond acceptors (Lipinski definition) is 2. The van der Waals surface area contributed by atoms with E-state index in [2.05, 4.69) is 16.9 Å². The highest BCUT2D eigenvalue weighted by molar-refractivity contribution is 5.24. The van der Waals surface area contributed by atoms with Gasteiger partial charge in [-0.05, 0) is 5.57 Å². The van der Waals surface area contributed by atoms with Crippen LogP contribution in [0.2, 0.25) is 0 Å². The fourth-order valence-corrected chi connectivity index (χ4v) is 0.959. The van der Waals surface area contributed by atoms with E-state index in [0.717, 1.165) is 13.0 Å². The van der Waals surface area contributed by atoms with Crippen LogP contribution in [0.3, 0.4) is 0 Å². The molecule has 98 valence electrons. The molecule has 0 radical (unpaired) electrons. The lowest BCUT2D eigenvalue weighted by Gasteiger charge is -2.12. The van der Waals surface area contributed by atoms with E-state index in [9.17, 15) is 13.2 Å². The fraction of sp³-hybridized carbons (Fsp3) is 0.500. The Morgan fingerprint density at radius 3 is 2.35 bits per heavy atom. The van der Waals surface area contributed by atoms with E-state index in [1.54, 1.807) is 6.08 Å². The van der Waals surface area contributed by atoms with Gasteiger partial charge >= 0.3 is 6.18 Å². The van der Waals surface area contributed by atoms with Gasteiger partial charge in [0.25, 0.3) is 0 Å². The van der Waals surface area contributed by atoms with Crippen molar-refractivity contribution in [3.05, 3.63) is 36.6 Å². The summed E-state index contributed by atoms with van der Waals surface area (Å²) in [5, 5.41) is 0. The minimum atomic E-state index is -4.21. The molecule has 0 amide bonds. The monoisotopic (exact) mass is 249 g/mol. The van der Waals surface area contributed by atoms with Crippen molar-refractivity contribution in [3.8, 4) is 0 Å². The van der Waals surface area contributed by atoms with Crippen molar-refractivity contribution in [1.82, 2.24) is 5.48 Å². The van der Waals surface area contributed by atoms with Gasteiger partial charge in [0, 0.05) is 12.1 Å². The summed E-state index contributed by atoms with van der Waals surface area (Å²) >= 11 is 0. The van der Waals surface area contributed by atoms with Gasteiger partial charge in [0.15, 0.2) is 0 Å². The van der Waals surface area contributed by atoms with Crippen LogP contribution < -0.4 is 5.48 Å².